The zero-order valence-corrected chi connectivity index (χ0v) is 9.21. The summed E-state index contributed by atoms with van der Waals surface area (Å²) in [6.07, 6.45) is 5.63. The van der Waals surface area contributed by atoms with E-state index in [-0.39, 0.29) is 0 Å². The summed E-state index contributed by atoms with van der Waals surface area (Å²) in [6.45, 7) is 2.05. The van der Waals surface area contributed by atoms with E-state index in [4.69, 9.17) is 5.73 Å². The third-order valence-electron chi connectivity index (χ3n) is 3.28. The van der Waals surface area contributed by atoms with Crippen LogP contribution in [0, 0.1) is 5.92 Å². The molecule has 1 aromatic carbocycles. The summed E-state index contributed by atoms with van der Waals surface area (Å²) in [6, 6.07) is 8.09. The first-order valence-electron chi connectivity index (χ1n) is 5.90. The Morgan fingerprint density at radius 3 is 2.67 bits per heavy atom. The Bertz CT molecular complexity index is 303. The Morgan fingerprint density at radius 1 is 1.20 bits per heavy atom. The molecule has 1 saturated carbocycles. The maximum atomic E-state index is 5.87. The molecule has 2 nitrogen and oxygen atoms in total. The van der Waals surface area contributed by atoms with Crippen LogP contribution < -0.4 is 11.1 Å². The van der Waals surface area contributed by atoms with Gasteiger partial charge in [0.25, 0.3) is 0 Å². The van der Waals surface area contributed by atoms with Gasteiger partial charge in [0.1, 0.15) is 0 Å². The Hall–Kier alpha value is -1.02. The highest BCUT2D eigenvalue weighted by Crippen LogP contribution is 2.23. The van der Waals surface area contributed by atoms with Crippen molar-refractivity contribution in [1.82, 2.24) is 5.32 Å². The molecule has 2 rings (SSSR count). The smallest absolute Gasteiger partial charge is 0.0359 e. The molecule has 0 amide bonds. The van der Waals surface area contributed by atoms with Gasteiger partial charge in [-0.25, -0.2) is 0 Å². The maximum Gasteiger partial charge on any atom is 0.0359 e. The molecular formula is C13H20N2. The van der Waals surface area contributed by atoms with Gasteiger partial charge in [-0.1, -0.05) is 31.0 Å². The molecule has 0 bridgehead atoms. The highest BCUT2D eigenvalue weighted by molar-refractivity contribution is 5.46. The Morgan fingerprint density at radius 2 is 1.93 bits per heavy atom. The van der Waals surface area contributed by atoms with Crippen LogP contribution in [-0.2, 0) is 6.54 Å². The van der Waals surface area contributed by atoms with E-state index in [0.29, 0.717) is 0 Å². The molecule has 0 radical (unpaired) electrons. The van der Waals surface area contributed by atoms with Crippen LogP contribution in [-0.4, -0.2) is 6.54 Å². The lowest BCUT2D eigenvalue weighted by Gasteiger charge is -2.11. The monoisotopic (exact) mass is 204 g/mol. The number of para-hydroxylation sites is 1. The van der Waals surface area contributed by atoms with E-state index in [1.165, 1.54) is 31.2 Å². The number of benzene rings is 1. The van der Waals surface area contributed by atoms with E-state index >= 15 is 0 Å². The topological polar surface area (TPSA) is 38.0 Å². The molecule has 15 heavy (non-hydrogen) atoms. The predicted molar refractivity (Wildman–Crippen MR) is 64.5 cm³/mol. The lowest BCUT2D eigenvalue weighted by Crippen LogP contribution is -2.21. The molecule has 1 fully saturated rings. The minimum atomic E-state index is 0.898. The first-order chi connectivity index (χ1) is 7.36. The third-order valence-corrected chi connectivity index (χ3v) is 3.28. The number of nitrogens with one attached hydrogen (secondary N) is 1. The van der Waals surface area contributed by atoms with Gasteiger partial charge in [-0.15, -0.1) is 0 Å². The number of hydrogen-bond donors (Lipinski definition) is 2. The molecule has 0 saturated heterocycles. The van der Waals surface area contributed by atoms with Crippen LogP contribution in [0.3, 0.4) is 0 Å². The summed E-state index contributed by atoms with van der Waals surface area (Å²) in [5.41, 5.74) is 7.99. The molecule has 0 aliphatic heterocycles. The molecule has 0 aromatic heterocycles. The normalized spacial score (nSPS) is 17.1. The number of nitrogens with two attached hydrogens (primary N) is 1. The van der Waals surface area contributed by atoms with Crippen LogP contribution in [0.5, 0.6) is 0 Å². The van der Waals surface area contributed by atoms with E-state index in [2.05, 4.69) is 11.4 Å². The Kier molecular flexibility index (Phi) is 3.62. The largest absolute Gasteiger partial charge is 0.398 e. The predicted octanol–water partition coefficient (Wildman–Crippen LogP) is 2.55. The van der Waals surface area contributed by atoms with Gasteiger partial charge in [-0.3, -0.25) is 0 Å². The first kappa shape index (κ1) is 10.5. The third kappa shape index (κ3) is 2.96. The van der Waals surface area contributed by atoms with Crippen molar-refractivity contribution < 1.29 is 0 Å². The first-order valence-corrected chi connectivity index (χ1v) is 5.90. The van der Waals surface area contributed by atoms with Crippen molar-refractivity contribution in [3.8, 4) is 0 Å². The summed E-state index contributed by atoms with van der Waals surface area (Å²) < 4.78 is 0. The van der Waals surface area contributed by atoms with E-state index in [0.717, 1.165) is 24.7 Å². The van der Waals surface area contributed by atoms with Crippen molar-refractivity contribution in [1.29, 1.82) is 0 Å². The van der Waals surface area contributed by atoms with Crippen molar-refractivity contribution >= 4 is 5.69 Å². The van der Waals surface area contributed by atoms with E-state index in [1.807, 2.05) is 18.2 Å². The van der Waals surface area contributed by atoms with Gasteiger partial charge in [-0.2, -0.15) is 0 Å². The minimum absolute atomic E-state index is 0.898. The van der Waals surface area contributed by atoms with Gasteiger partial charge in [0.05, 0.1) is 0 Å². The van der Waals surface area contributed by atoms with Gasteiger partial charge in [-0.05, 0) is 36.9 Å². The number of anilines is 1. The van der Waals surface area contributed by atoms with Crippen LogP contribution in [0.25, 0.3) is 0 Å². The van der Waals surface area contributed by atoms with Crippen LogP contribution in [0.15, 0.2) is 24.3 Å². The van der Waals surface area contributed by atoms with Crippen molar-refractivity contribution in [2.75, 3.05) is 12.3 Å². The second-order valence-electron chi connectivity index (χ2n) is 4.48. The lowest BCUT2D eigenvalue weighted by atomic mass is 10.1. The van der Waals surface area contributed by atoms with Crippen LogP contribution in [0.2, 0.25) is 0 Å². The fraction of sp³-hybridized carbons (Fsp3) is 0.538. The van der Waals surface area contributed by atoms with E-state index in [9.17, 15) is 0 Å². The molecule has 0 heterocycles. The quantitative estimate of drug-likeness (QED) is 0.740. The molecule has 1 aromatic rings. The van der Waals surface area contributed by atoms with Crippen LogP contribution >= 0.6 is 0 Å². The summed E-state index contributed by atoms with van der Waals surface area (Å²) >= 11 is 0. The van der Waals surface area contributed by atoms with Crippen molar-refractivity contribution in [3.05, 3.63) is 29.8 Å². The summed E-state index contributed by atoms with van der Waals surface area (Å²) in [7, 11) is 0. The van der Waals surface area contributed by atoms with Gasteiger partial charge in [0.2, 0.25) is 0 Å². The number of hydrogen-bond acceptors (Lipinski definition) is 2. The number of nitrogen functional groups attached to an aromatic ring is 1. The zero-order valence-electron chi connectivity index (χ0n) is 9.21. The van der Waals surface area contributed by atoms with Gasteiger partial charge in [0.15, 0.2) is 0 Å². The fourth-order valence-corrected chi connectivity index (χ4v) is 2.32. The highest BCUT2D eigenvalue weighted by atomic mass is 14.9. The van der Waals surface area contributed by atoms with Crippen molar-refractivity contribution in [2.45, 2.75) is 32.2 Å². The molecule has 0 atom stereocenters. The minimum Gasteiger partial charge on any atom is -0.398 e. The van der Waals surface area contributed by atoms with Gasteiger partial charge < -0.3 is 11.1 Å². The molecule has 3 N–H and O–H groups in total. The van der Waals surface area contributed by atoms with E-state index in [1.54, 1.807) is 0 Å². The fourth-order valence-electron chi connectivity index (χ4n) is 2.32. The Balaban J connectivity index is 1.75. The summed E-state index contributed by atoms with van der Waals surface area (Å²) in [5.74, 6) is 0.898. The second kappa shape index (κ2) is 5.17. The van der Waals surface area contributed by atoms with Gasteiger partial charge >= 0.3 is 0 Å². The van der Waals surface area contributed by atoms with Crippen LogP contribution in [0.1, 0.15) is 31.2 Å². The SMILES string of the molecule is Nc1ccccc1CNCC1CCCC1. The second-order valence-corrected chi connectivity index (χ2v) is 4.48. The molecule has 1 aliphatic rings. The summed E-state index contributed by atoms with van der Waals surface area (Å²) in [4.78, 5) is 0. The summed E-state index contributed by atoms with van der Waals surface area (Å²) in [5, 5.41) is 3.50. The van der Waals surface area contributed by atoms with Crippen LogP contribution in [0.4, 0.5) is 5.69 Å². The zero-order chi connectivity index (χ0) is 10.5. The average Bonchev–Trinajstić information content (AvgIpc) is 2.74. The van der Waals surface area contributed by atoms with Gasteiger partial charge in [0, 0.05) is 12.2 Å². The molecular weight excluding hydrogens is 184 g/mol. The molecule has 0 unspecified atom stereocenters. The highest BCUT2D eigenvalue weighted by Gasteiger charge is 2.13. The molecule has 1 aliphatic carbocycles. The van der Waals surface area contributed by atoms with Crippen molar-refractivity contribution in [3.63, 3.8) is 0 Å². The van der Waals surface area contributed by atoms with E-state index < -0.39 is 0 Å². The molecule has 82 valence electrons. The Labute approximate surface area is 91.9 Å². The standard InChI is InChI=1S/C13H20N2/c14-13-8-4-3-7-12(13)10-15-9-11-5-1-2-6-11/h3-4,7-8,11,15H,1-2,5-6,9-10,14H2. The van der Waals surface area contributed by atoms with Crippen molar-refractivity contribution in [2.24, 2.45) is 5.92 Å². The molecule has 0 spiro atoms. The average molecular weight is 204 g/mol. The number of rotatable bonds is 4. The lowest BCUT2D eigenvalue weighted by molar-refractivity contribution is 0.489. The maximum absolute atomic E-state index is 5.87. The molecule has 2 heteroatoms.